The number of benzene rings is 1. The van der Waals surface area contributed by atoms with Crippen LogP contribution in [0, 0.1) is 0 Å². The molecule has 1 fully saturated rings. The minimum Gasteiger partial charge on any atom is -0.370 e. The Labute approximate surface area is 134 Å². The number of amides is 1. The van der Waals surface area contributed by atoms with Crippen LogP contribution in [-0.2, 0) is 0 Å². The van der Waals surface area contributed by atoms with E-state index in [4.69, 9.17) is 0 Å². The van der Waals surface area contributed by atoms with E-state index < -0.39 is 0 Å². The van der Waals surface area contributed by atoms with Crippen LogP contribution in [0.1, 0.15) is 36.2 Å². The molecule has 1 aromatic carbocycles. The maximum Gasteiger partial charge on any atom is 0.276 e. The number of carbonyl (C=O) groups excluding carboxylic acids is 1. The molecule has 6 nitrogen and oxygen atoms in total. The highest BCUT2D eigenvalue weighted by Crippen LogP contribution is 2.28. The zero-order valence-corrected chi connectivity index (χ0v) is 12.9. The number of rotatable bonds is 3. The Hall–Kier alpha value is -2.63. The number of nitrogens with zero attached hydrogens (tertiary/aromatic N) is 2. The Kier molecular flexibility index (Phi) is 4.71. The average Bonchev–Trinajstić information content (AvgIpc) is 2.85. The first-order chi connectivity index (χ1) is 11.2. The summed E-state index contributed by atoms with van der Waals surface area (Å²) in [6.45, 7) is 2.01. The van der Waals surface area contributed by atoms with Crippen molar-refractivity contribution in [3.63, 3.8) is 0 Å². The van der Waals surface area contributed by atoms with Crippen molar-refractivity contribution in [2.75, 3.05) is 23.3 Å². The fourth-order valence-corrected chi connectivity index (χ4v) is 2.82. The minimum absolute atomic E-state index is 0.190. The van der Waals surface area contributed by atoms with E-state index in [0.717, 1.165) is 24.5 Å². The van der Waals surface area contributed by atoms with Crippen molar-refractivity contribution in [2.24, 2.45) is 0 Å². The predicted molar refractivity (Wildman–Crippen MR) is 89.9 cm³/mol. The van der Waals surface area contributed by atoms with Crippen molar-refractivity contribution in [1.82, 2.24) is 10.2 Å². The number of hydrogen-bond acceptors (Lipinski definition) is 4. The Morgan fingerprint density at radius 3 is 2.48 bits per heavy atom. The number of nitrogens with one attached hydrogen (secondary N) is 2. The van der Waals surface area contributed by atoms with Gasteiger partial charge in [0.1, 0.15) is 5.69 Å². The van der Waals surface area contributed by atoms with Crippen molar-refractivity contribution in [3.05, 3.63) is 52.4 Å². The molecule has 6 heteroatoms. The summed E-state index contributed by atoms with van der Waals surface area (Å²) in [6.07, 6.45) is 4.85. The maximum absolute atomic E-state index is 12.3. The van der Waals surface area contributed by atoms with Crippen LogP contribution in [-0.4, -0.2) is 29.2 Å². The predicted octanol–water partition coefficient (Wildman–Crippen LogP) is 2.40. The van der Waals surface area contributed by atoms with Crippen LogP contribution in [0.4, 0.5) is 11.4 Å². The van der Waals surface area contributed by atoms with E-state index in [-0.39, 0.29) is 17.2 Å². The molecule has 0 unspecified atom stereocenters. The molecule has 1 aromatic heterocycles. The monoisotopic (exact) mass is 312 g/mol. The van der Waals surface area contributed by atoms with E-state index >= 15 is 0 Å². The lowest BCUT2D eigenvalue weighted by molar-refractivity contribution is 0.102. The molecule has 2 aromatic rings. The zero-order valence-electron chi connectivity index (χ0n) is 12.9. The summed E-state index contributed by atoms with van der Waals surface area (Å²) in [5, 5.41) is 8.94. The highest BCUT2D eigenvalue weighted by Gasteiger charge is 2.15. The van der Waals surface area contributed by atoms with Gasteiger partial charge in [-0.1, -0.05) is 25.0 Å². The van der Waals surface area contributed by atoms with Gasteiger partial charge in [-0.3, -0.25) is 9.59 Å². The lowest BCUT2D eigenvalue weighted by Gasteiger charge is -2.25. The van der Waals surface area contributed by atoms with Crippen molar-refractivity contribution in [3.8, 4) is 0 Å². The Morgan fingerprint density at radius 2 is 1.78 bits per heavy atom. The number of hydrogen-bond donors (Lipinski definition) is 2. The van der Waals surface area contributed by atoms with Gasteiger partial charge in [-0.05, 0) is 31.0 Å². The largest absolute Gasteiger partial charge is 0.370 e. The number of para-hydroxylation sites is 2. The number of aromatic amines is 1. The lowest BCUT2D eigenvalue weighted by atomic mass is 10.2. The van der Waals surface area contributed by atoms with Gasteiger partial charge in [-0.25, -0.2) is 5.10 Å². The standard InChI is InChI=1S/C17H20N4O2/c22-16-10-9-14(19-20-16)17(23)18-13-7-3-4-8-15(13)21-11-5-1-2-6-12-21/h3-4,7-10H,1-2,5-6,11-12H2,(H,18,23)(H,20,22). The van der Waals surface area contributed by atoms with Gasteiger partial charge in [0.15, 0.2) is 0 Å². The van der Waals surface area contributed by atoms with Gasteiger partial charge in [0.25, 0.3) is 11.5 Å². The van der Waals surface area contributed by atoms with E-state index in [1.807, 2.05) is 24.3 Å². The van der Waals surface area contributed by atoms with E-state index in [2.05, 4.69) is 20.4 Å². The van der Waals surface area contributed by atoms with Crippen LogP contribution in [0.2, 0.25) is 0 Å². The Bertz CT molecular complexity index is 713. The van der Waals surface area contributed by atoms with Crippen LogP contribution < -0.4 is 15.8 Å². The molecular formula is C17H20N4O2. The molecule has 120 valence electrons. The molecule has 0 spiro atoms. The molecule has 0 saturated carbocycles. The third kappa shape index (κ3) is 3.77. The van der Waals surface area contributed by atoms with E-state index in [1.165, 1.54) is 37.8 Å². The molecule has 0 aliphatic carbocycles. The van der Waals surface area contributed by atoms with Crippen LogP contribution in [0.25, 0.3) is 0 Å². The fraction of sp³-hybridized carbons (Fsp3) is 0.353. The fourth-order valence-electron chi connectivity index (χ4n) is 2.82. The quantitative estimate of drug-likeness (QED) is 0.912. The summed E-state index contributed by atoms with van der Waals surface area (Å²) in [5.41, 5.74) is 1.67. The first-order valence-electron chi connectivity index (χ1n) is 7.95. The number of carbonyl (C=O) groups is 1. The summed E-state index contributed by atoms with van der Waals surface area (Å²) in [6, 6.07) is 10.5. The Balaban J connectivity index is 1.81. The van der Waals surface area contributed by atoms with Gasteiger partial charge in [-0.15, -0.1) is 0 Å². The van der Waals surface area contributed by atoms with Crippen molar-refractivity contribution < 1.29 is 4.79 Å². The lowest BCUT2D eigenvalue weighted by Crippen LogP contribution is -2.26. The zero-order chi connectivity index (χ0) is 16.1. The second-order valence-electron chi connectivity index (χ2n) is 5.68. The summed E-state index contributed by atoms with van der Waals surface area (Å²) in [4.78, 5) is 25.7. The van der Waals surface area contributed by atoms with Crippen molar-refractivity contribution in [1.29, 1.82) is 0 Å². The molecule has 0 radical (unpaired) electrons. The molecular weight excluding hydrogens is 292 g/mol. The SMILES string of the molecule is O=C(Nc1ccccc1N1CCCCCC1)c1ccc(=O)[nH]n1. The third-order valence-corrected chi connectivity index (χ3v) is 4.01. The molecule has 23 heavy (non-hydrogen) atoms. The summed E-state index contributed by atoms with van der Waals surface area (Å²) in [7, 11) is 0. The molecule has 0 bridgehead atoms. The minimum atomic E-state index is -0.330. The summed E-state index contributed by atoms with van der Waals surface area (Å²) < 4.78 is 0. The first-order valence-corrected chi connectivity index (χ1v) is 7.95. The van der Waals surface area contributed by atoms with Gasteiger partial charge in [0.05, 0.1) is 11.4 Å². The van der Waals surface area contributed by atoms with Crippen molar-refractivity contribution in [2.45, 2.75) is 25.7 Å². The topological polar surface area (TPSA) is 78.1 Å². The molecule has 1 aliphatic rings. The molecule has 1 saturated heterocycles. The first kappa shape index (κ1) is 15.3. The van der Waals surface area contributed by atoms with Gasteiger partial charge >= 0.3 is 0 Å². The molecule has 2 heterocycles. The summed E-state index contributed by atoms with van der Waals surface area (Å²) in [5.74, 6) is -0.330. The second-order valence-corrected chi connectivity index (χ2v) is 5.68. The van der Waals surface area contributed by atoms with E-state index in [9.17, 15) is 9.59 Å². The van der Waals surface area contributed by atoms with Gasteiger partial charge in [0.2, 0.25) is 0 Å². The summed E-state index contributed by atoms with van der Waals surface area (Å²) >= 11 is 0. The molecule has 3 rings (SSSR count). The van der Waals surface area contributed by atoms with E-state index in [1.54, 1.807) is 0 Å². The van der Waals surface area contributed by atoms with Gasteiger partial charge in [0, 0.05) is 19.2 Å². The highest BCUT2D eigenvalue weighted by atomic mass is 16.2. The van der Waals surface area contributed by atoms with E-state index in [0.29, 0.717) is 0 Å². The van der Waals surface area contributed by atoms with Crippen LogP contribution >= 0.6 is 0 Å². The Morgan fingerprint density at radius 1 is 1.04 bits per heavy atom. The normalized spacial score (nSPS) is 15.0. The van der Waals surface area contributed by atoms with Gasteiger partial charge < -0.3 is 10.2 Å². The maximum atomic E-state index is 12.3. The van der Waals surface area contributed by atoms with Crippen LogP contribution in [0.5, 0.6) is 0 Å². The average molecular weight is 312 g/mol. The molecule has 2 N–H and O–H groups in total. The highest BCUT2D eigenvalue weighted by molar-refractivity contribution is 6.04. The van der Waals surface area contributed by atoms with Crippen LogP contribution in [0.15, 0.2) is 41.2 Å². The van der Waals surface area contributed by atoms with Gasteiger partial charge in [-0.2, -0.15) is 5.10 Å². The van der Waals surface area contributed by atoms with Crippen LogP contribution in [0.3, 0.4) is 0 Å². The third-order valence-electron chi connectivity index (χ3n) is 4.01. The molecule has 1 amide bonds. The number of aromatic nitrogens is 2. The smallest absolute Gasteiger partial charge is 0.276 e. The van der Waals surface area contributed by atoms with Crippen molar-refractivity contribution >= 4 is 17.3 Å². The molecule has 0 atom stereocenters. The molecule has 1 aliphatic heterocycles. The number of H-pyrrole nitrogens is 1. The number of anilines is 2. The second kappa shape index (κ2) is 7.09.